The molecule has 2 aromatic heterocycles. The minimum atomic E-state index is -3.59. The number of hydrogen-bond acceptors (Lipinski definition) is 6. The van der Waals surface area contributed by atoms with Crippen LogP contribution < -0.4 is 4.72 Å². The molecule has 0 bridgehead atoms. The van der Waals surface area contributed by atoms with Crippen LogP contribution in [-0.4, -0.2) is 18.4 Å². The van der Waals surface area contributed by atoms with Crippen LogP contribution in [0.25, 0.3) is 0 Å². The summed E-state index contributed by atoms with van der Waals surface area (Å²) in [6.45, 7) is 0.0879. The molecule has 2 aromatic rings. The van der Waals surface area contributed by atoms with E-state index in [4.69, 9.17) is 5.26 Å². The highest BCUT2D eigenvalue weighted by molar-refractivity contribution is 7.91. The maximum absolute atomic E-state index is 11.9. The summed E-state index contributed by atoms with van der Waals surface area (Å²) in [5, 5.41) is 8.65. The molecule has 2 rings (SSSR count). The lowest BCUT2D eigenvalue weighted by Gasteiger charge is -2.03. The SMILES string of the molecule is N#Cc1ccc(S(=O)(=O)NCc2ccncn2)s1. The number of sulfonamides is 1. The predicted molar refractivity (Wildman–Crippen MR) is 65.1 cm³/mol. The van der Waals surface area contributed by atoms with Crippen molar-refractivity contribution in [2.45, 2.75) is 10.8 Å². The van der Waals surface area contributed by atoms with Gasteiger partial charge in [0.2, 0.25) is 10.0 Å². The molecule has 1 N–H and O–H groups in total. The molecule has 0 atom stereocenters. The molecule has 0 aliphatic heterocycles. The Balaban J connectivity index is 2.11. The average Bonchev–Trinajstić information content (AvgIpc) is 2.87. The van der Waals surface area contributed by atoms with E-state index in [-0.39, 0.29) is 10.8 Å². The summed E-state index contributed by atoms with van der Waals surface area (Å²) in [5.74, 6) is 0. The van der Waals surface area contributed by atoms with Gasteiger partial charge < -0.3 is 0 Å². The molecule has 0 aliphatic rings. The van der Waals surface area contributed by atoms with Crippen molar-refractivity contribution in [1.29, 1.82) is 5.26 Å². The minimum absolute atomic E-state index is 0.0879. The summed E-state index contributed by atoms with van der Waals surface area (Å²) in [5.41, 5.74) is 0.575. The van der Waals surface area contributed by atoms with Gasteiger partial charge in [0.15, 0.2) is 0 Å². The van der Waals surface area contributed by atoms with Gasteiger partial charge in [-0.1, -0.05) is 0 Å². The van der Waals surface area contributed by atoms with Crippen LogP contribution in [0.4, 0.5) is 0 Å². The molecule has 18 heavy (non-hydrogen) atoms. The van der Waals surface area contributed by atoms with E-state index >= 15 is 0 Å². The third kappa shape index (κ3) is 2.89. The van der Waals surface area contributed by atoms with Crippen molar-refractivity contribution in [3.8, 4) is 6.07 Å². The maximum Gasteiger partial charge on any atom is 0.250 e. The molecule has 0 amide bonds. The van der Waals surface area contributed by atoms with E-state index in [0.29, 0.717) is 10.6 Å². The molecule has 6 nitrogen and oxygen atoms in total. The first-order valence-electron chi connectivity index (χ1n) is 4.86. The summed E-state index contributed by atoms with van der Waals surface area (Å²) < 4.78 is 26.3. The van der Waals surface area contributed by atoms with Gasteiger partial charge in [0.25, 0.3) is 0 Å². The number of aromatic nitrogens is 2. The van der Waals surface area contributed by atoms with Crippen molar-refractivity contribution < 1.29 is 8.42 Å². The number of nitriles is 1. The average molecular weight is 280 g/mol. The lowest BCUT2D eigenvalue weighted by molar-refractivity contribution is 0.582. The van der Waals surface area contributed by atoms with E-state index in [1.807, 2.05) is 6.07 Å². The summed E-state index contributed by atoms with van der Waals surface area (Å²) in [7, 11) is -3.59. The zero-order valence-electron chi connectivity index (χ0n) is 9.07. The number of thiophene rings is 1. The molecular weight excluding hydrogens is 272 g/mol. The minimum Gasteiger partial charge on any atom is -0.245 e. The fourth-order valence-electron chi connectivity index (χ4n) is 1.19. The lowest BCUT2D eigenvalue weighted by atomic mass is 10.4. The third-order valence-electron chi connectivity index (χ3n) is 2.04. The van der Waals surface area contributed by atoms with E-state index in [9.17, 15) is 8.42 Å². The van der Waals surface area contributed by atoms with Gasteiger partial charge in [-0.25, -0.2) is 23.1 Å². The van der Waals surface area contributed by atoms with Crippen LogP contribution in [0.5, 0.6) is 0 Å². The molecule has 0 aromatic carbocycles. The van der Waals surface area contributed by atoms with Crippen LogP contribution in [0.15, 0.2) is 34.9 Å². The molecular formula is C10H8N4O2S2. The normalized spacial score (nSPS) is 11.1. The van der Waals surface area contributed by atoms with Crippen molar-refractivity contribution in [3.63, 3.8) is 0 Å². The second kappa shape index (κ2) is 5.22. The Kier molecular flexibility index (Phi) is 3.66. The van der Waals surface area contributed by atoms with Gasteiger partial charge >= 0.3 is 0 Å². The zero-order valence-corrected chi connectivity index (χ0v) is 10.7. The maximum atomic E-state index is 11.9. The van der Waals surface area contributed by atoms with Crippen molar-refractivity contribution in [1.82, 2.24) is 14.7 Å². The lowest BCUT2D eigenvalue weighted by Crippen LogP contribution is -2.22. The van der Waals surface area contributed by atoms with Crippen molar-refractivity contribution >= 4 is 21.4 Å². The number of hydrogen-bond donors (Lipinski definition) is 1. The molecule has 0 spiro atoms. The molecule has 0 saturated heterocycles. The molecule has 92 valence electrons. The van der Waals surface area contributed by atoms with E-state index in [0.717, 1.165) is 11.3 Å². The number of nitrogens with zero attached hydrogens (tertiary/aromatic N) is 3. The van der Waals surface area contributed by atoms with Gasteiger partial charge in [0.05, 0.1) is 12.2 Å². The zero-order chi connectivity index (χ0) is 13.0. The molecule has 8 heteroatoms. The van der Waals surface area contributed by atoms with Crippen LogP contribution in [0.3, 0.4) is 0 Å². The first-order valence-corrected chi connectivity index (χ1v) is 7.16. The summed E-state index contributed by atoms with van der Waals surface area (Å²) in [4.78, 5) is 8.01. The highest BCUT2D eigenvalue weighted by atomic mass is 32.2. The van der Waals surface area contributed by atoms with Crippen LogP contribution >= 0.6 is 11.3 Å². The number of rotatable bonds is 4. The quantitative estimate of drug-likeness (QED) is 0.897. The van der Waals surface area contributed by atoms with Crippen LogP contribution in [-0.2, 0) is 16.6 Å². The Morgan fingerprint density at radius 1 is 1.39 bits per heavy atom. The highest BCUT2D eigenvalue weighted by Crippen LogP contribution is 2.20. The van der Waals surface area contributed by atoms with Crippen molar-refractivity contribution in [3.05, 3.63) is 41.3 Å². The molecule has 0 radical (unpaired) electrons. The van der Waals surface area contributed by atoms with E-state index in [2.05, 4.69) is 14.7 Å². The third-order valence-corrected chi connectivity index (χ3v) is 4.93. The van der Waals surface area contributed by atoms with Crippen molar-refractivity contribution in [2.24, 2.45) is 0 Å². The van der Waals surface area contributed by atoms with Gasteiger partial charge in [-0.05, 0) is 18.2 Å². The Morgan fingerprint density at radius 2 is 2.22 bits per heavy atom. The van der Waals surface area contributed by atoms with Gasteiger partial charge in [-0.15, -0.1) is 11.3 Å². The Bertz CT molecular complexity index is 673. The Hall–Kier alpha value is -1.82. The van der Waals surface area contributed by atoms with E-state index in [1.54, 1.807) is 6.07 Å². The van der Waals surface area contributed by atoms with Gasteiger partial charge in [-0.3, -0.25) is 0 Å². The molecule has 0 aliphatic carbocycles. The first-order chi connectivity index (χ1) is 8.62. The summed E-state index contributed by atoms with van der Waals surface area (Å²) in [6, 6.07) is 6.41. The van der Waals surface area contributed by atoms with Crippen molar-refractivity contribution in [2.75, 3.05) is 0 Å². The van der Waals surface area contributed by atoms with Crippen LogP contribution in [0, 0.1) is 11.3 Å². The topological polar surface area (TPSA) is 95.7 Å². The summed E-state index contributed by atoms with van der Waals surface area (Å²) >= 11 is 0.931. The molecule has 0 saturated carbocycles. The molecule has 2 heterocycles. The van der Waals surface area contributed by atoms with E-state index < -0.39 is 10.0 Å². The van der Waals surface area contributed by atoms with Crippen LogP contribution in [0.2, 0.25) is 0 Å². The van der Waals surface area contributed by atoms with Gasteiger partial charge in [-0.2, -0.15) is 5.26 Å². The monoisotopic (exact) mass is 280 g/mol. The van der Waals surface area contributed by atoms with E-state index in [1.165, 1.54) is 24.7 Å². The highest BCUT2D eigenvalue weighted by Gasteiger charge is 2.16. The second-order valence-corrected chi connectivity index (χ2v) is 6.33. The Labute approximate surface area is 108 Å². The van der Waals surface area contributed by atoms with Gasteiger partial charge in [0, 0.05) is 6.20 Å². The fourth-order valence-corrected chi connectivity index (χ4v) is 3.33. The summed E-state index contributed by atoms with van der Waals surface area (Å²) in [6.07, 6.45) is 2.89. The molecule has 0 unspecified atom stereocenters. The number of nitrogens with one attached hydrogen (secondary N) is 1. The van der Waals surface area contributed by atoms with Crippen LogP contribution in [0.1, 0.15) is 10.6 Å². The fraction of sp³-hybridized carbons (Fsp3) is 0.100. The molecule has 0 fully saturated rings. The first kappa shape index (κ1) is 12.6. The largest absolute Gasteiger partial charge is 0.250 e. The standard InChI is InChI=1S/C10H8N4O2S2/c11-5-9-1-2-10(17-9)18(15,16)14-6-8-3-4-12-7-13-8/h1-4,7,14H,6H2. The second-order valence-electron chi connectivity index (χ2n) is 3.26. The predicted octanol–water partition coefficient (Wildman–Crippen LogP) is 0.888. The Morgan fingerprint density at radius 3 is 2.83 bits per heavy atom. The van der Waals surface area contributed by atoms with Gasteiger partial charge in [0.1, 0.15) is 21.5 Å². The smallest absolute Gasteiger partial charge is 0.245 e.